The van der Waals surface area contributed by atoms with Crippen LogP contribution in [0.5, 0.6) is 0 Å². The minimum absolute atomic E-state index is 0.0741. The van der Waals surface area contributed by atoms with Crippen LogP contribution in [-0.2, 0) is 26.3 Å². The van der Waals surface area contributed by atoms with Gasteiger partial charge in [-0.05, 0) is 24.6 Å². The van der Waals surface area contributed by atoms with Crippen LogP contribution >= 0.6 is 0 Å². The molecule has 0 unspecified atom stereocenters. The van der Waals surface area contributed by atoms with Crippen LogP contribution in [0.25, 0.3) is 0 Å². The van der Waals surface area contributed by atoms with Crippen molar-refractivity contribution < 1.29 is 22.5 Å². The standard InChI is InChI=1S/C10H13NO2.C6H6O3S/c1-8(11)10(12)13-7-9-5-3-2-4-6-9;7-10(8,9)6-4-2-1-3-5-6/h2-6,8H,7,11H2,1H3;1-5H,(H,7,8,9)/t8-;/m0./s1. The normalized spacial score (nSPS) is 11.8. The molecular weight excluding hydrogens is 318 g/mol. The van der Waals surface area contributed by atoms with E-state index in [9.17, 15) is 13.2 Å². The van der Waals surface area contributed by atoms with Crippen LogP contribution in [0.3, 0.4) is 0 Å². The number of ether oxygens (including phenoxy) is 1. The molecule has 0 fully saturated rings. The zero-order chi connectivity index (χ0) is 17.3. The fourth-order valence-corrected chi connectivity index (χ4v) is 1.95. The Balaban J connectivity index is 0.000000238. The Labute approximate surface area is 135 Å². The molecule has 0 spiro atoms. The lowest BCUT2D eigenvalue weighted by Gasteiger charge is -2.06. The molecule has 7 heteroatoms. The van der Waals surface area contributed by atoms with E-state index in [0.29, 0.717) is 6.61 Å². The highest BCUT2D eigenvalue weighted by Gasteiger charge is 2.08. The lowest BCUT2D eigenvalue weighted by molar-refractivity contribution is -0.146. The van der Waals surface area contributed by atoms with Crippen molar-refractivity contribution in [2.75, 3.05) is 0 Å². The van der Waals surface area contributed by atoms with Gasteiger partial charge in [0.2, 0.25) is 0 Å². The predicted molar refractivity (Wildman–Crippen MR) is 86.1 cm³/mol. The first kappa shape index (κ1) is 18.8. The van der Waals surface area contributed by atoms with Crippen molar-refractivity contribution >= 4 is 16.1 Å². The minimum atomic E-state index is -4.00. The lowest BCUT2D eigenvalue weighted by Crippen LogP contribution is -2.28. The van der Waals surface area contributed by atoms with E-state index in [1.807, 2.05) is 30.3 Å². The van der Waals surface area contributed by atoms with Crippen molar-refractivity contribution in [1.29, 1.82) is 0 Å². The predicted octanol–water partition coefficient (Wildman–Crippen LogP) is 2.01. The molecule has 0 saturated carbocycles. The smallest absolute Gasteiger partial charge is 0.322 e. The first-order chi connectivity index (χ1) is 10.8. The van der Waals surface area contributed by atoms with Gasteiger partial charge in [0.05, 0.1) is 4.90 Å². The van der Waals surface area contributed by atoms with Gasteiger partial charge < -0.3 is 10.5 Å². The summed E-state index contributed by atoms with van der Waals surface area (Å²) in [6.45, 7) is 1.90. The summed E-state index contributed by atoms with van der Waals surface area (Å²) >= 11 is 0. The van der Waals surface area contributed by atoms with Gasteiger partial charge in [-0.25, -0.2) is 0 Å². The maximum atomic E-state index is 11.0. The number of hydrogen-bond donors (Lipinski definition) is 2. The molecule has 0 aliphatic rings. The number of rotatable bonds is 4. The summed E-state index contributed by atoms with van der Waals surface area (Å²) in [5.41, 5.74) is 6.29. The van der Waals surface area contributed by atoms with E-state index in [0.717, 1.165) is 5.56 Å². The third-order valence-corrected chi connectivity index (χ3v) is 3.50. The molecule has 6 nitrogen and oxygen atoms in total. The third-order valence-electron chi connectivity index (χ3n) is 2.64. The van der Waals surface area contributed by atoms with E-state index in [4.69, 9.17) is 15.0 Å². The second-order valence-corrected chi connectivity index (χ2v) is 6.09. The van der Waals surface area contributed by atoms with Crippen molar-refractivity contribution in [3.8, 4) is 0 Å². The number of hydrogen-bond acceptors (Lipinski definition) is 5. The summed E-state index contributed by atoms with van der Waals surface area (Å²) in [5, 5.41) is 0. The Bertz CT molecular complexity index is 700. The first-order valence-electron chi connectivity index (χ1n) is 6.79. The van der Waals surface area contributed by atoms with Crippen LogP contribution in [0, 0.1) is 0 Å². The number of esters is 1. The van der Waals surface area contributed by atoms with Crippen LogP contribution in [-0.4, -0.2) is 25.0 Å². The SMILES string of the molecule is C[C@H](N)C(=O)OCc1ccccc1.O=S(=O)(O)c1ccccc1. The Kier molecular flexibility index (Phi) is 7.40. The molecule has 3 N–H and O–H groups in total. The van der Waals surface area contributed by atoms with Crippen molar-refractivity contribution in [2.45, 2.75) is 24.5 Å². The molecule has 124 valence electrons. The maximum absolute atomic E-state index is 11.0. The molecule has 0 heterocycles. The quantitative estimate of drug-likeness (QED) is 0.653. The average Bonchev–Trinajstić information content (AvgIpc) is 2.54. The summed E-state index contributed by atoms with van der Waals surface area (Å²) in [7, 11) is -4.00. The Hall–Kier alpha value is -2.22. The van der Waals surface area contributed by atoms with Crippen LogP contribution in [0.2, 0.25) is 0 Å². The van der Waals surface area contributed by atoms with Gasteiger partial charge in [-0.2, -0.15) is 8.42 Å². The van der Waals surface area contributed by atoms with Crippen molar-refractivity contribution in [3.63, 3.8) is 0 Å². The Morgan fingerprint density at radius 3 is 1.96 bits per heavy atom. The number of benzene rings is 2. The summed E-state index contributed by atoms with van der Waals surface area (Å²) < 4.78 is 34.2. The van der Waals surface area contributed by atoms with Crippen LogP contribution in [0.4, 0.5) is 0 Å². The molecule has 0 aromatic heterocycles. The molecule has 0 aliphatic heterocycles. The molecular formula is C16H19NO5S. The Morgan fingerprint density at radius 2 is 1.57 bits per heavy atom. The molecule has 0 amide bonds. The summed E-state index contributed by atoms with van der Waals surface area (Å²) in [6.07, 6.45) is 0. The monoisotopic (exact) mass is 337 g/mol. The summed E-state index contributed by atoms with van der Waals surface area (Å²) in [5.74, 6) is -0.371. The van der Waals surface area contributed by atoms with Crippen molar-refractivity contribution in [3.05, 3.63) is 66.2 Å². The van der Waals surface area contributed by atoms with Crippen LogP contribution in [0.1, 0.15) is 12.5 Å². The number of nitrogens with two attached hydrogens (primary N) is 1. The van der Waals surface area contributed by atoms with E-state index < -0.39 is 16.2 Å². The van der Waals surface area contributed by atoms with Gasteiger partial charge in [0.15, 0.2) is 0 Å². The summed E-state index contributed by atoms with van der Waals surface area (Å²) in [4.78, 5) is 10.9. The van der Waals surface area contributed by atoms with Crippen molar-refractivity contribution in [2.24, 2.45) is 5.73 Å². The third kappa shape index (κ3) is 7.55. The maximum Gasteiger partial charge on any atom is 0.322 e. The van der Waals surface area contributed by atoms with Crippen LogP contribution in [0.15, 0.2) is 65.6 Å². The largest absolute Gasteiger partial charge is 0.460 e. The molecule has 0 saturated heterocycles. The van der Waals surface area contributed by atoms with Gasteiger partial charge in [0.25, 0.3) is 10.1 Å². The average molecular weight is 337 g/mol. The molecule has 0 radical (unpaired) electrons. The number of carbonyl (C=O) groups excluding carboxylic acids is 1. The van der Waals surface area contributed by atoms with E-state index in [1.54, 1.807) is 25.1 Å². The molecule has 2 aromatic carbocycles. The molecule has 2 aromatic rings. The Morgan fingerprint density at radius 1 is 1.09 bits per heavy atom. The molecule has 1 atom stereocenters. The topological polar surface area (TPSA) is 107 Å². The van der Waals surface area contributed by atoms with Gasteiger partial charge in [-0.1, -0.05) is 48.5 Å². The van der Waals surface area contributed by atoms with Gasteiger partial charge in [-0.15, -0.1) is 0 Å². The number of carbonyl (C=O) groups is 1. The fraction of sp³-hybridized carbons (Fsp3) is 0.188. The van der Waals surface area contributed by atoms with E-state index in [2.05, 4.69) is 0 Å². The van der Waals surface area contributed by atoms with Gasteiger partial charge in [0.1, 0.15) is 12.6 Å². The fourth-order valence-electron chi connectivity index (χ4n) is 1.45. The van der Waals surface area contributed by atoms with Gasteiger partial charge >= 0.3 is 5.97 Å². The van der Waals surface area contributed by atoms with Gasteiger partial charge in [0, 0.05) is 0 Å². The molecule has 2 rings (SSSR count). The highest BCUT2D eigenvalue weighted by atomic mass is 32.2. The van der Waals surface area contributed by atoms with Crippen molar-refractivity contribution in [1.82, 2.24) is 0 Å². The van der Waals surface area contributed by atoms with E-state index >= 15 is 0 Å². The van der Waals surface area contributed by atoms with E-state index in [1.165, 1.54) is 12.1 Å². The zero-order valence-corrected chi connectivity index (χ0v) is 13.4. The second kappa shape index (κ2) is 9.04. The first-order valence-corrected chi connectivity index (χ1v) is 8.23. The van der Waals surface area contributed by atoms with Gasteiger partial charge in [-0.3, -0.25) is 9.35 Å². The lowest BCUT2D eigenvalue weighted by atomic mass is 10.2. The highest BCUT2D eigenvalue weighted by molar-refractivity contribution is 7.85. The van der Waals surface area contributed by atoms with Crippen LogP contribution < -0.4 is 5.73 Å². The molecule has 0 bridgehead atoms. The molecule has 23 heavy (non-hydrogen) atoms. The highest BCUT2D eigenvalue weighted by Crippen LogP contribution is 2.05. The van der Waals surface area contributed by atoms with E-state index in [-0.39, 0.29) is 10.9 Å². The molecule has 0 aliphatic carbocycles. The summed E-state index contributed by atoms with van der Waals surface area (Å²) in [6, 6.07) is 16.4. The second-order valence-electron chi connectivity index (χ2n) is 4.67. The zero-order valence-electron chi connectivity index (χ0n) is 12.6. The minimum Gasteiger partial charge on any atom is -0.460 e.